The van der Waals surface area contributed by atoms with Gasteiger partial charge in [0.15, 0.2) is 0 Å². The quantitative estimate of drug-likeness (QED) is 0.747. The Kier molecular flexibility index (Phi) is 5.05. The average molecular weight is 317 g/mol. The third-order valence-corrected chi connectivity index (χ3v) is 4.04. The predicted octanol–water partition coefficient (Wildman–Crippen LogP) is 1.27. The average Bonchev–Trinajstić information content (AvgIpc) is 2.82. The standard InChI is InChI=1S/C17H23N3O3/c1-10(2)15(18)16(21)19-13(17(22)23)8-11-9-20(3)14-7-5-4-6-12(11)14/h4-7,9-10,13,15H,8,18H2,1-3H3,(H,19,21)(H,22,23). The highest BCUT2D eigenvalue weighted by atomic mass is 16.4. The number of aliphatic carboxylic acids is 1. The fourth-order valence-corrected chi connectivity index (χ4v) is 2.58. The van der Waals surface area contributed by atoms with Gasteiger partial charge in [-0.2, -0.15) is 0 Å². The molecule has 6 nitrogen and oxygen atoms in total. The van der Waals surface area contributed by atoms with Crippen LogP contribution in [0, 0.1) is 5.92 Å². The van der Waals surface area contributed by atoms with Crippen LogP contribution in [0.2, 0.25) is 0 Å². The van der Waals surface area contributed by atoms with Crippen molar-refractivity contribution >= 4 is 22.8 Å². The molecule has 4 N–H and O–H groups in total. The number of hydrogen-bond donors (Lipinski definition) is 3. The second-order valence-electron chi connectivity index (χ2n) is 6.16. The molecule has 6 heteroatoms. The van der Waals surface area contributed by atoms with Gasteiger partial charge in [-0.05, 0) is 17.5 Å². The number of carbonyl (C=O) groups is 2. The summed E-state index contributed by atoms with van der Waals surface area (Å²) in [6.07, 6.45) is 2.11. The van der Waals surface area contributed by atoms with E-state index >= 15 is 0 Å². The van der Waals surface area contributed by atoms with Gasteiger partial charge in [0, 0.05) is 30.6 Å². The summed E-state index contributed by atoms with van der Waals surface area (Å²) in [6, 6.07) is 6.05. The van der Waals surface area contributed by atoms with E-state index < -0.39 is 24.0 Å². The molecule has 0 aliphatic rings. The first-order valence-corrected chi connectivity index (χ1v) is 7.63. The first kappa shape index (κ1) is 17.0. The number of aromatic nitrogens is 1. The molecular formula is C17H23N3O3. The van der Waals surface area contributed by atoms with E-state index in [9.17, 15) is 14.7 Å². The van der Waals surface area contributed by atoms with E-state index in [0.29, 0.717) is 0 Å². The largest absolute Gasteiger partial charge is 0.480 e. The summed E-state index contributed by atoms with van der Waals surface area (Å²) in [6.45, 7) is 3.65. The van der Waals surface area contributed by atoms with Crippen molar-refractivity contribution in [2.45, 2.75) is 32.4 Å². The molecule has 2 rings (SSSR count). The van der Waals surface area contributed by atoms with Crippen molar-refractivity contribution in [3.8, 4) is 0 Å². The molecule has 0 radical (unpaired) electrons. The number of carbonyl (C=O) groups excluding carboxylic acids is 1. The summed E-state index contributed by atoms with van der Waals surface area (Å²) >= 11 is 0. The van der Waals surface area contributed by atoms with Gasteiger partial charge in [-0.1, -0.05) is 32.0 Å². The van der Waals surface area contributed by atoms with Crippen LogP contribution < -0.4 is 11.1 Å². The molecule has 2 atom stereocenters. The molecule has 0 saturated heterocycles. The molecule has 0 spiro atoms. The number of para-hydroxylation sites is 1. The van der Waals surface area contributed by atoms with E-state index in [1.165, 1.54) is 0 Å². The highest BCUT2D eigenvalue weighted by molar-refractivity contribution is 5.88. The van der Waals surface area contributed by atoms with Crippen LogP contribution in [0.4, 0.5) is 0 Å². The Labute approximate surface area is 135 Å². The minimum atomic E-state index is -1.07. The fourth-order valence-electron chi connectivity index (χ4n) is 2.58. The number of benzene rings is 1. The zero-order valence-electron chi connectivity index (χ0n) is 13.6. The lowest BCUT2D eigenvalue weighted by Gasteiger charge is -2.19. The highest BCUT2D eigenvalue weighted by Gasteiger charge is 2.26. The number of nitrogens with two attached hydrogens (primary N) is 1. The molecule has 2 aromatic rings. The highest BCUT2D eigenvalue weighted by Crippen LogP contribution is 2.21. The lowest BCUT2D eigenvalue weighted by Crippen LogP contribution is -2.51. The second-order valence-corrected chi connectivity index (χ2v) is 6.16. The van der Waals surface area contributed by atoms with Crippen molar-refractivity contribution in [3.05, 3.63) is 36.0 Å². The molecule has 124 valence electrons. The molecule has 1 amide bonds. The van der Waals surface area contributed by atoms with Crippen LogP contribution in [-0.2, 0) is 23.1 Å². The van der Waals surface area contributed by atoms with E-state index in [1.54, 1.807) is 0 Å². The number of rotatable bonds is 6. The number of amides is 1. The Bertz CT molecular complexity index is 721. The van der Waals surface area contributed by atoms with Gasteiger partial charge < -0.3 is 20.7 Å². The van der Waals surface area contributed by atoms with Gasteiger partial charge >= 0.3 is 5.97 Å². The maximum Gasteiger partial charge on any atom is 0.326 e. The van der Waals surface area contributed by atoms with E-state index in [0.717, 1.165) is 16.5 Å². The predicted molar refractivity (Wildman–Crippen MR) is 89.0 cm³/mol. The summed E-state index contributed by atoms with van der Waals surface area (Å²) in [5.74, 6) is -1.56. The van der Waals surface area contributed by atoms with Crippen molar-refractivity contribution in [1.29, 1.82) is 0 Å². The fraction of sp³-hybridized carbons (Fsp3) is 0.412. The third kappa shape index (κ3) is 3.71. The Morgan fingerprint density at radius 3 is 2.57 bits per heavy atom. The summed E-state index contributed by atoms with van der Waals surface area (Å²) in [7, 11) is 1.91. The second kappa shape index (κ2) is 6.83. The van der Waals surface area contributed by atoms with Crippen molar-refractivity contribution in [1.82, 2.24) is 9.88 Å². The van der Waals surface area contributed by atoms with Crippen LogP contribution in [-0.4, -0.2) is 33.6 Å². The molecular weight excluding hydrogens is 294 g/mol. The third-order valence-electron chi connectivity index (χ3n) is 4.04. The van der Waals surface area contributed by atoms with Gasteiger partial charge in [-0.25, -0.2) is 4.79 Å². The zero-order chi connectivity index (χ0) is 17.1. The van der Waals surface area contributed by atoms with Crippen LogP contribution in [0.1, 0.15) is 19.4 Å². The lowest BCUT2D eigenvalue weighted by atomic mass is 10.0. The van der Waals surface area contributed by atoms with E-state index in [4.69, 9.17) is 5.73 Å². The Hall–Kier alpha value is -2.34. The maximum absolute atomic E-state index is 12.1. The molecule has 23 heavy (non-hydrogen) atoms. The molecule has 1 aromatic heterocycles. The summed E-state index contributed by atoms with van der Waals surface area (Å²) in [5, 5.41) is 13.0. The summed E-state index contributed by atoms with van der Waals surface area (Å²) in [4.78, 5) is 23.6. The van der Waals surface area contributed by atoms with Gasteiger partial charge in [0.25, 0.3) is 0 Å². The van der Waals surface area contributed by atoms with Crippen molar-refractivity contribution < 1.29 is 14.7 Å². The number of carboxylic acids is 1. The Morgan fingerprint density at radius 2 is 1.96 bits per heavy atom. The van der Waals surface area contributed by atoms with E-state index in [2.05, 4.69) is 5.32 Å². The van der Waals surface area contributed by atoms with Crippen LogP contribution in [0.5, 0.6) is 0 Å². The monoisotopic (exact) mass is 317 g/mol. The van der Waals surface area contributed by atoms with Crippen molar-refractivity contribution in [2.75, 3.05) is 0 Å². The van der Waals surface area contributed by atoms with Gasteiger partial charge in [-0.15, -0.1) is 0 Å². The van der Waals surface area contributed by atoms with Crippen LogP contribution in [0.15, 0.2) is 30.5 Å². The Balaban J connectivity index is 2.22. The molecule has 0 aliphatic heterocycles. The van der Waals surface area contributed by atoms with E-state index in [-0.39, 0.29) is 12.3 Å². The number of carboxylic acid groups (broad SMARTS) is 1. The number of fused-ring (bicyclic) bond motifs is 1. The minimum Gasteiger partial charge on any atom is -0.480 e. The molecule has 0 saturated carbocycles. The molecule has 1 heterocycles. The van der Waals surface area contributed by atoms with Gasteiger partial charge in [0.1, 0.15) is 6.04 Å². The van der Waals surface area contributed by atoms with Gasteiger partial charge in [-0.3, -0.25) is 4.79 Å². The normalized spacial score (nSPS) is 14.0. The summed E-state index contributed by atoms with van der Waals surface area (Å²) in [5.41, 5.74) is 7.70. The minimum absolute atomic E-state index is 0.0537. The number of aryl methyl sites for hydroxylation is 1. The van der Waals surface area contributed by atoms with E-state index in [1.807, 2.05) is 55.9 Å². The zero-order valence-corrected chi connectivity index (χ0v) is 13.6. The lowest BCUT2D eigenvalue weighted by molar-refractivity contribution is -0.142. The number of nitrogens with one attached hydrogen (secondary N) is 1. The molecule has 2 unspecified atom stereocenters. The first-order valence-electron chi connectivity index (χ1n) is 7.63. The maximum atomic E-state index is 12.1. The molecule has 0 bridgehead atoms. The van der Waals surface area contributed by atoms with Gasteiger partial charge in [0.05, 0.1) is 6.04 Å². The van der Waals surface area contributed by atoms with Gasteiger partial charge in [0.2, 0.25) is 5.91 Å². The van der Waals surface area contributed by atoms with Crippen molar-refractivity contribution in [2.24, 2.45) is 18.7 Å². The summed E-state index contributed by atoms with van der Waals surface area (Å²) < 4.78 is 1.95. The Morgan fingerprint density at radius 1 is 1.30 bits per heavy atom. The number of nitrogens with zero attached hydrogens (tertiary/aromatic N) is 1. The van der Waals surface area contributed by atoms with Crippen LogP contribution in [0.3, 0.4) is 0 Å². The topological polar surface area (TPSA) is 97.4 Å². The SMILES string of the molecule is CC(C)C(N)C(=O)NC(Cc1cn(C)c2ccccc12)C(=O)O. The number of hydrogen-bond acceptors (Lipinski definition) is 3. The van der Waals surface area contributed by atoms with Crippen LogP contribution >= 0.6 is 0 Å². The van der Waals surface area contributed by atoms with Crippen LogP contribution in [0.25, 0.3) is 10.9 Å². The molecule has 0 aliphatic carbocycles. The smallest absolute Gasteiger partial charge is 0.326 e. The molecule has 0 fully saturated rings. The van der Waals surface area contributed by atoms with Crippen molar-refractivity contribution in [3.63, 3.8) is 0 Å². The first-order chi connectivity index (χ1) is 10.8. The molecule has 1 aromatic carbocycles.